The molecule has 9 heteroatoms. The summed E-state index contributed by atoms with van der Waals surface area (Å²) in [6.07, 6.45) is 0. The van der Waals surface area contributed by atoms with E-state index in [4.69, 9.17) is 4.52 Å². The third-order valence-corrected chi connectivity index (χ3v) is 3.98. The van der Waals surface area contributed by atoms with Gasteiger partial charge in [-0.1, -0.05) is 23.0 Å². The van der Waals surface area contributed by atoms with Gasteiger partial charge in [0, 0.05) is 7.05 Å². The van der Waals surface area contributed by atoms with Crippen LogP contribution < -0.4 is 0 Å². The molecule has 0 aromatic carbocycles. The van der Waals surface area contributed by atoms with Crippen LogP contribution in [0.2, 0.25) is 0 Å². The quantitative estimate of drug-likeness (QED) is 0.671. The van der Waals surface area contributed by atoms with Gasteiger partial charge in [0.25, 0.3) is 0 Å². The van der Waals surface area contributed by atoms with Crippen LogP contribution in [0.5, 0.6) is 0 Å². The first kappa shape index (κ1) is 11.4. The molecule has 3 heterocycles. The first-order chi connectivity index (χ1) is 8.83. The van der Waals surface area contributed by atoms with Crippen molar-refractivity contribution >= 4 is 23.1 Å². The van der Waals surface area contributed by atoms with Crippen molar-refractivity contribution in [2.24, 2.45) is 7.05 Å². The minimum Gasteiger partial charge on any atom is -0.338 e. The number of thiophene rings is 1. The van der Waals surface area contributed by atoms with Crippen LogP contribution in [0.3, 0.4) is 0 Å². The highest BCUT2D eigenvalue weighted by Gasteiger charge is 2.11. The van der Waals surface area contributed by atoms with Crippen LogP contribution in [0, 0.1) is 0 Å². The fraction of sp³-hybridized carbons (Fsp3) is 0.222. The summed E-state index contributed by atoms with van der Waals surface area (Å²) in [5.41, 5.74) is 0. The van der Waals surface area contributed by atoms with E-state index in [0.717, 1.165) is 4.88 Å². The van der Waals surface area contributed by atoms with Crippen molar-refractivity contribution in [2.45, 2.75) is 10.9 Å². The fourth-order valence-electron chi connectivity index (χ4n) is 1.29. The molecule has 0 aliphatic rings. The SMILES string of the molecule is Cn1nnnc1SCc1nc(-c2cccs2)no1. The molecular formula is C9H8N6OS2. The molecule has 0 aliphatic heterocycles. The second-order valence-corrected chi connectivity index (χ2v) is 5.25. The fourth-order valence-corrected chi connectivity index (χ4v) is 2.63. The molecule has 0 aliphatic carbocycles. The van der Waals surface area contributed by atoms with Crippen LogP contribution in [0.4, 0.5) is 0 Å². The topological polar surface area (TPSA) is 82.5 Å². The molecule has 3 aromatic rings. The molecular weight excluding hydrogens is 272 g/mol. The Bertz CT molecular complexity index is 631. The van der Waals surface area contributed by atoms with Gasteiger partial charge in [0.2, 0.25) is 16.9 Å². The lowest BCUT2D eigenvalue weighted by Gasteiger charge is -1.93. The van der Waals surface area contributed by atoms with Crippen LogP contribution in [-0.2, 0) is 12.8 Å². The highest BCUT2D eigenvalue weighted by atomic mass is 32.2. The number of aromatic nitrogens is 6. The van der Waals surface area contributed by atoms with Gasteiger partial charge >= 0.3 is 0 Å². The third-order valence-electron chi connectivity index (χ3n) is 2.12. The smallest absolute Gasteiger partial charge is 0.237 e. The Balaban J connectivity index is 1.69. The zero-order valence-corrected chi connectivity index (χ0v) is 11.0. The van der Waals surface area contributed by atoms with Crippen LogP contribution in [-0.4, -0.2) is 30.3 Å². The Morgan fingerprint density at radius 1 is 1.50 bits per heavy atom. The molecule has 7 nitrogen and oxygen atoms in total. The number of thioether (sulfide) groups is 1. The summed E-state index contributed by atoms with van der Waals surface area (Å²) in [5.74, 6) is 1.73. The van der Waals surface area contributed by atoms with Gasteiger partial charge in [-0.25, -0.2) is 4.68 Å². The van der Waals surface area contributed by atoms with Crippen LogP contribution >= 0.6 is 23.1 Å². The average molecular weight is 280 g/mol. The summed E-state index contributed by atoms with van der Waals surface area (Å²) in [5, 5.41) is 17.8. The second kappa shape index (κ2) is 4.86. The molecule has 0 fully saturated rings. The molecule has 0 N–H and O–H groups in total. The van der Waals surface area contributed by atoms with E-state index in [1.54, 1.807) is 23.1 Å². The van der Waals surface area contributed by atoms with E-state index >= 15 is 0 Å². The third kappa shape index (κ3) is 2.27. The molecule has 3 rings (SSSR count). The molecule has 0 spiro atoms. The zero-order valence-electron chi connectivity index (χ0n) is 9.35. The van der Waals surface area contributed by atoms with Gasteiger partial charge in [-0.15, -0.1) is 16.4 Å². The van der Waals surface area contributed by atoms with Gasteiger partial charge in [0.05, 0.1) is 10.6 Å². The van der Waals surface area contributed by atoms with Gasteiger partial charge in [0.1, 0.15) is 0 Å². The molecule has 92 valence electrons. The molecule has 18 heavy (non-hydrogen) atoms. The molecule has 0 radical (unpaired) electrons. The molecule has 0 saturated heterocycles. The van der Waals surface area contributed by atoms with Crippen LogP contribution in [0.15, 0.2) is 27.2 Å². The second-order valence-electron chi connectivity index (χ2n) is 3.36. The van der Waals surface area contributed by atoms with E-state index in [0.29, 0.717) is 22.6 Å². The molecule has 3 aromatic heterocycles. The van der Waals surface area contributed by atoms with E-state index in [9.17, 15) is 0 Å². The Kier molecular flexibility index (Phi) is 3.07. The Hall–Kier alpha value is -1.74. The lowest BCUT2D eigenvalue weighted by molar-refractivity contribution is 0.391. The summed E-state index contributed by atoms with van der Waals surface area (Å²) in [4.78, 5) is 5.31. The van der Waals surface area contributed by atoms with E-state index in [1.807, 2.05) is 17.5 Å². The van der Waals surface area contributed by atoms with Gasteiger partial charge in [0.15, 0.2) is 0 Å². The van der Waals surface area contributed by atoms with Gasteiger partial charge in [-0.3, -0.25) is 0 Å². The van der Waals surface area contributed by atoms with E-state index < -0.39 is 0 Å². The van der Waals surface area contributed by atoms with Gasteiger partial charge in [-0.05, 0) is 21.9 Å². The van der Waals surface area contributed by atoms with Crippen molar-refractivity contribution in [3.8, 4) is 10.7 Å². The molecule has 0 bridgehead atoms. The van der Waals surface area contributed by atoms with Gasteiger partial charge in [-0.2, -0.15) is 4.98 Å². The lowest BCUT2D eigenvalue weighted by Crippen LogP contribution is -1.93. The Morgan fingerprint density at radius 2 is 2.44 bits per heavy atom. The number of aryl methyl sites for hydroxylation is 1. The largest absolute Gasteiger partial charge is 0.338 e. The van der Waals surface area contributed by atoms with Crippen molar-refractivity contribution in [1.82, 2.24) is 30.3 Å². The highest BCUT2D eigenvalue weighted by Crippen LogP contribution is 2.23. The number of hydrogen-bond donors (Lipinski definition) is 0. The highest BCUT2D eigenvalue weighted by molar-refractivity contribution is 7.98. The number of nitrogens with zero attached hydrogens (tertiary/aromatic N) is 6. The number of tetrazole rings is 1. The van der Waals surface area contributed by atoms with Crippen molar-refractivity contribution in [3.63, 3.8) is 0 Å². The monoisotopic (exact) mass is 280 g/mol. The van der Waals surface area contributed by atoms with Crippen molar-refractivity contribution in [2.75, 3.05) is 0 Å². The predicted octanol–water partition coefficient (Wildman–Crippen LogP) is 1.61. The summed E-state index contributed by atoms with van der Waals surface area (Å²) in [7, 11) is 1.78. The van der Waals surface area contributed by atoms with Crippen molar-refractivity contribution < 1.29 is 4.52 Å². The lowest BCUT2D eigenvalue weighted by atomic mass is 10.4. The Labute approximate surface area is 110 Å². The number of hydrogen-bond acceptors (Lipinski definition) is 8. The maximum atomic E-state index is 5.17. The molecule has 0 atom stereocenters. The summed E-state index contributed by atoms with van der Waals surface area (Å²) in [6.45, 7) is 0. The zero-order chi connectivity index (χ0) is 12.4. The summed E-state index contributed by atoms with van der Waals surface area (Å²) >= 11 is 3.03. The average Bonchev–Trinajstić information content (AvgIpc) is 3.08. The molecule has 0 amide bonds. The Morgan fingerprint density at radius 3 is 3.17 bits per heavy atom. The molecule has 0 unspecified atom stereocenters. The molecule has 0 saturated carbocycles. The van der Waals surface area contributed by atoms with E-state index in [2.05, 4.69) is 25.7 Å². The van der Waals surface area contributed by atoms with Crippen molar-refractivity contribution in [1.29, 1.82) is 0 Å². The first-order valence-corrected chi connectivity index (χ1v) is 6.91. The number of rotatable bonds is 4. The van der Waals surface area contributed by atoms with Crippen molar-refractivity contribution in [3.05, 3.63) is 23.4 Å². The maximum absolute atomic E-state index is 5.17. The first-order valence-electron chi connectivity index (χ1n) is 5.04. The van der Waals surface area contributed by atoms with E-state index in [1.165, 1.54) is 11.8 Å². The standard InChI is InChI=1S/C9H8N6OS2/c1-15-9(11-13-14-15)18-5-7-10-8(12-16-7)6-3-2-4-17-6/h2-4H,5H2,1H3. The summed E-state index contributed by atoms with van der Waals surface area (Å²) < 4.78 is 6.77. The van der Waals surface area contributed by atoms with E-state index in [-0.39, 0.29) is 0 Å². The maximum Gasteiger partial charge on any atom is 0.237 e. The minimum absolute atomic E-state index is 0.548. The summed E-state index contributed by atoms with van der Waals surface area (Å²) in [6, 6.07) is 3.91. The van der Waals surface area contributed by atoms with Gasteiger partial charge < -0.3 is 4.52 Å². The minimum atomic E-state index is 0.548. The predicted molar refractivity (Wildman–Crippen MR) is 66.0 cm³/mol. The van der Waals surface area contributed by atoms with Crippen LogP contribution in [0.1, 0.15) is 5.89 Å². The van der Waals surface area contributed by atoms with Crippen LogP contribution in [0.25, 0.3) is 10.7 Å². The normalized spacial score (nSPS) is 10.9.